The SMILES string of the molecule is CC(=O)C(N)c1ccc(CO)cc1F. The van der Waals surface area contributed by atoms with Crippen LogP contribution in [0.15, 0.2) is 18.2 Å². The monoisotopic (exact) mass is 197 g/mol. The molecule has 3 N–H and O–H groups in total. The molecule has 0 aliphatic heterocycles. The van der Waals surface area contributed by atoms with Crippen molar-refractivity contribution in [3.05, 3.63) is 35.1 Å². The lowest BCUT2D eigenvalue weighted by Gasteiger charge is -2.09. The number of nitrogens with two attached hydrogens (primary N) is 1. The van der Waals surface area contributed by atoms with E-state index in [0.717, 1.165) is 0 Å². The molecule has 1 atom stereocenters. The molecule has 3 nitrogen and oxygen atoms in total. The van der Waals surface area contributed by atoms with E-state index in [9.17, 15) is 9.18 Å². The van der Waals surface area contributed by atoms with E-state index in [1.54, 1.807) is 6.07 Å². The topological polar surface area (TPSA) is 63.3 Å². The Hall–Kier alpha value is -1.26. The third-order valence-electron chi connectivity index (χ3n) is 2.02. The molecule has 1 unspecified atom stereocenters. The van der Waals surface area contributed by atoms with Crippen LogP contribution in [0.5, 0.6) is 0 Å². The maximum absolute atomic E-state index is 13.3. The Morgan fingerprint density at radius 1 is 1.64 bits per heavy atom. The highest BCUT2D eigenvalue weighted by molar-refractivity contribution is 5.82. The Labute approximate surface area is 81.4 Å². The minimum absolute atomic E-state index is 0.162. The number of ketones is 1. The number of rotatable bonds is 3. The lowest BCUT2D eigenvalue weighted by atomic mass is 10.0. The number of Topliss-reactive ketones (excluding diaryl/α,β-unsaturated/α-hetero) is 1. The molecule has 1 aromatic carbocycles. The molecule has 76 valence electrons. The van der Waals surface area contributed by atoms with Crippen LogP contribution in [0, 0.1) is 5.82 Å². The van der Waals surface area contributed by atoms with Crippen molar-refractivity contribution in [1.29, 1.82) is 0 Å². The summed E-state index contributed by atoms with van der Waals surface area (Å²) in [6.45, 7) is 1.08. The summed E-state index contributed by atoms with van der Waals surface area (Å²) in [5.41, 5.74) is 6.10. The maximum atomic E-state index is 13.3. The van der Waals surface area contributed by atoms with Gasteiger partial charge in [0, 0.05) is 5.56 Å². The molecule has 4 heteroatoms. The van der Waals surface area contributed by atoms with Gasteiger partial charge in [-0.1, -0.05) is 12.1 Å². The van der Waals surface area contributed by atoms with E-state index in [2.05, 4.69) is 0 Å². The van der Waals surface area contributed by atoms with Gasteiger partial charge < -0.3 is 10.8 Å². The molecule has 0 amide bonds. The van der Waals surface area contributed by atoms with Gasteiger partial charge in [0.15, 0.2) is 5.78 Å². The maximum Gasteiger partial charge on any atom is 0.151 e. The van der Waals surface area contributed by atoms with Gasteiger partial charge >= 0.3 is 0 Å². The molecular weight excluding hydrogens is 185 g/mol. The summed E-state index contributed by atoms with van der Waals surface area (Å²) in [6, 6.07) is 3.22. The van der Waals surface area contributed by atoms with Crippen LogP contribution in [0.2, 0.25) is 0 Å². The van der Waals surface area contributed by atoms with Crippen molar-refractivity contribution in [1.82, 2.24) is 0 Å². The Balaban J connectivity index is 3.05. The van der Waals surface area contributed by atoms with E-state index in [1.807, 2.05) is 0 Å². The van der Waals surface area contributed by atoms with Gasteiger partial charge in [-0.2, -0.15) is 0 Å². The molecule has 0 aliphatic carbocycles. The first-order valence-electron chi connectivity index (χ1n) is 4.21. The molecular formula is C10H12FNO2. The van der Waals surface area contributed by atoms with E-state index in [1.165, 1.54) is 19.1 Å². The number of aliphatic hydroxyl groups excluding tert-OH is 1. The third kappa shape index (κ3) is 2.16. The molecule has 0 bridgehead atoms. The summed E-state index contributed by atoms with van der Waals surface area (Å²) in [7, 11) is 0. The van der Waals surface area contributed by atoms with Gasteiger partial charge in [-0.3, -0.25) is 4.79 Å². The van der Waals surface area contributed by atoms with Crippen LogP contribution < -0.4 is 5.73 Å². The van der Waals surface area contributed by atoms with E-state index >= 15 is 0 Å². The minimum Gasteiger partial charge on any atom is -0.392 e. The van der Waals surface area contributed by atoms with Crippen LogP contribution in [0.1, 0.15) is 24.1 Å². The molecule has 0 aliphatic rings. The van der Waals surface area contributed by atoms with Gasteiger partial charge in [0.2, 0.25) is 0 Å². The summed E-state index contributed by atoms with van der Waals surface area (Å²) in [6.07, 6.45) is 0. The summed E-state index contributed by atoms with van der Waals surface area (Å²) in [4.78, 5) is 10.9. The summed E-state index contributed by atoms with van der Waals surface area (Å²) < 4.78 is 13.3. The number of carbonyl (C=O) groups is 1. The van der Waals surface area contributed by atoms with Gasteiger partial charge in [-0.15, -0.1) is 0 Å². The molecule has 0 fully saturated rings. The van der Waals surface area contributed by atoms with Crippen LogP contribution >= 0.6 is 0 Å². The second kappa shape index (κ2) is 4.30. The van der Waals surface area contributed by atoms with Crippen molar-refractivity contribution in [2.24, 2.45) is 5.73 Å². The normalized spacial score (nSPS) is 12.6. The molecule has 0 spiro atoms. The second-order valence-electron chi connectivity index (χ2n) is 3.10. The first kappa shape index (κ1) is 10.8. The first-order chi connectivity index (χ1) is 6.56. The first-order valence-corrected chi connectivity index (χ1v) is 4.21. The Bertz CT molecular complexity index is 352. The smallest absolute Gasteiger partial charge is 0.151 e. The molecule has 1 aromatic rings. The van der Waals surface area contributed by atoms with Gasteiger partial charge in [-0.05, 0) is 18.6 Å². The van der Waals surface area contributed by atoms with E-state index < -0.39 is 11.9 Å². The number of aliphatic hydroxyl groups is 1. The fourth-order valence-electron chi connectivity index (χ4n) is 1.14. The molecule has 1 rings (SSSR count). The highest BCUT2D eigenvalue weighted by Gasteiger charge is 2.15. The number of halogens is 1. The quantitative estimate of drug-likeness (QED) is 0.756. The lowest BCUT2D eigenvalue weighted by molar-refractivity contribution is -0.118. The third-order valence-corrected chi connectivity index (χ3v) is 2.02. The number of hydrogen-bond donors (Lipinski definition) is 2. The van der Waals surface area contributed by atoms with E-state index in [-0.39, 0.29) is 18.0 Å². The van der Waals surface area contributed by atoms with E-state index in [0.29, 0.717) is 5.56 Å². The van der Waals surface area contributed by atoms with Crippen molar-refractivity contribution in [2.75, 3.05) is 0 Å². The number of carbonyl (C=O) groups excluding carboxylic acids is 1. The van der Waals surface area contributed by atoms with Crippen LogP contribution in [-0.2, 0) is 11.4 Å². The van der Waals surface area contributed by atoms with Gasteiger partial charge in [0.25, 0.3) is 0 Å². The lowest BCUT2D eigenvalue weighted by Crippen LogP contribution is -2.19. The Morgan fingerprint density at radius 3 is 2.71 bits per heavy atom. The predicted molar refractivity (Wildman–Crippen MR) is 49.9 cm³/mol. The fraction of sp³-hybridized carbons (Fsp3) is 0.300. The summed E-state index contributed by atoms with van der Waals surface area (Å²) >= 11 is 0. The van der Waals surface area contributed by atoms with Gasteiger partial charge in [0.1, 0.15) is 5.82 Å². The van der Waals surface area contributed by atoms with Crippen LogP contribution in [0.4, 0.5) is 4.39 Å². The highest BCUT2D eigenvalue weighted by Crippen LogP contribution is 2.17. The second-order valence-corrected chi connectivity index (χ2v) is 3.10. The number of hydrogen-bond acceptors (Lipinski definition) is 3. The standard InChI is InChI=1S/C10H12FNO2/c1-6(14)10(12)8-3-2-7(5-13)4-9(8)11/h2-4,10,13H,5,12H2,1H3. The zero-order valence-corrected chi connectivity index (χ0v) is 7.83. The van der Waals surface area contributed by atoms with E-state index in [4.69, 9.17) is 10.8 Å². The molecule has 0 radical (unpaired) electrons. The van der Waals surface area contributed by atoms with Crippen molar-refractivity contribution in [2.45, 2.75) is 19.6 Å². The average Bonchev–Trinajstić information content (AvgIpc) is 2.16. The van der Waals surface area contributed by atoms with Crippen LogP contribution in [0.3, 0.4) is 0 Å². The van der Waals surface area contributed by atoms with Crippen molar-refractivity contribution < 1.29 is 14.3 Å². The van der Waals surface area contributed by atoms with Gasteiger partial charge in [0.05, 0.1) is 12.6 Å². The average molecular weight is 197 g/mol. The largest absolute Gasteiger partial charge is 0.392 e. The molecule has 0 heterocycles. The van der Waals surface area contributed by atoms with Crippen molar-refractivity contribution in [3.8, 4) is 0 Å². The molecule has 14 heavy (non-hydrogen) atoms. The number of benzene rings is 1. The molecule has 0 aromatic heterocycles. The zero-order chi connectivity index (χ0) is 10.7. The molecule has 0 saturated carbocycles. The minimum atomic E-state index is -0.928. The summed E-state index contributed by atoms with van der Waals surface area (Å²) in [5, 5.41) is 8.74. The predicted octanol–water partition coefficient (Wildman–Crippen LogP) is 0.907. The Kier molecular flexibility index (Phi) is 3.33. The molecule has 0 saturated heterocycles. The Morgan fingerprint density at radius 2 is 2.29 bits per heavy atom. The fourth-order valence-corrected chi connectivity index (χ4v) is 1.14. The zero-order valence-electron chi connectivity index (χ0n) is 7.83. The van der Waals surface area contributed by atoms with Crippen LogP contribution in [-0.4, -0.2) is 10.9 Å². The van der Waals surface area contributed by atoms with Gasteiger partial charge in [-0.25, -0.2) is 4.39 Å². The highest BCUT2D eigenvalue weighted by atomic mass is 19.1. The summed E-state index contributed by atoms with van der Waals surface area (Å²) in [5.74, 6) is -0.847. The van der Waals surface area contributed by atoms with Crippen molar-refractivity contribution >= 4 is 5.78 Å². The van der Waals surface area contributed by atoms with Crippen LogP contribution in [0.25, 0.3) is 0 Å². The van der Waals surface area contributed by atoms with Crippen molar-refractivity contribution in [3.63, 3.8) is 0 Å².